The van der Waals surface area contributed by atoms with E-state index in [4.69, 9.17) is 19.1 Å². The Hall–Kier alpha value is -2.66. The number of likely N-dealkylation sites (N-methyl/N-ethyl adjacent to an activating group) is 1. The van der Waals surface area contributed by atoms with Gasteiger partial charge in [-0.15, -0.1) is 0 Å². The standard InChI is InChI=1S/C20H28N4O2.C2HF3O2/c1-3-16-12-21-19(22-13-16)24-8-6-20(7-9-24)11-17(15-26-20)23(2)14-18-5-4-10-25-18;3-2(4,5)1(6)7/h4-5,10,12-13,17H,3,6-9,11,14-15H2,1-2H3;(H,6,7). The quantitative estimate of drug-likeness (QED) is 0.710. The van der Waals surface area contributed by atoms with Gasteiger partial charge in [0.1, 0.15) is 5.76 Å². The highest BCUT2D eigenvalue weighted by Crippen LogP contribution is 2.38. The Morgan fingerprint density at radius 1 is 1.30 bits per heavy atom. The normalized spacial score (nSPS) is 20.1. The molecule has 0 aliphatic carbocycles. The van der Waals surface area contributed by atoms with Crippen molar-refractivity contribution in [2.45, 2.75) is 57.0 Å². The lowest BCUT2D eigenvalue weighted by Gasteiger charge is -2.39. The fourth-order valence-corrected chi connectivity index (χ4v) is 4.04. The van der Waals surface area contributed by atoms with Crippen LogP contribution < -0.4 is 4.90 Å². The molecule has 4 rings (SSSR count). The zero-order chi connectivity index (χ0) is 24.1. The molecule has 1 unspecified atom stereocenters. The van der Waals surface area contributed by atoms with E-state index in [-0.39, 0.29) is 5.60 Å². The molecule has 2 aromatic heterocycles. The van der Waals surface area contributed by atoms with Gasteiger partial charge in [0, 0.05) is 31.5 Å². The zero-order valence-electron chi connectivity index (χ0n) is 18.7. The van der Waals surface area contributed by atoms with Gasteiger partial charge in [-0.25, -0.2) is 14.8 Å². The van der Waals surface area contributed by atoms with Crippen molar-refractivity contribution < 1.29 is 32.2 Å². The Morgan fingerprint density at radius 2 is 1.94 bits per heavy atom. The second-order valence-corrected chi connectivity index (χ2v) is 8.38. The minimum atomic E-state index is -5.08. The predicted molar refractivity (Wildman–Crippen MR) is 114 cm³/mol. The molecular weight excluding hydrogens is 441 g/mol. The van der Waals surface area contributed by atoms with E-state index in [1.165, 1.54) is 5.56 Å². The van der Waals surface area contributed by atoms with Crippen LogP contribution in [-0.2, 0) is 22.5 Å². The summed E-state index contributed by atoms with van der Waals surface area (Å²) in [5.41, 5.74) is 1.20. The van der Waals surface area contributed by atoms with Crippen molar-refractivity contribution in [1.82, 2.24) is 14.9 Å². The van der Waals surface area contributed by atoms with Crippen molar-refractivity contribution in [1.29, 1.82) is 0 Å². The molecule has 0 radical (unpaired) electrons. The molecule has 2 aliphatic heterocycles. The summed E-state index contributed by atoms with van der Waals surface area (Å²) in [6.45, 7) is 5.68. The number of furan rings is 1. The van der Waals surface area contributed by atoms with Gasteiger partial charge in [-0.05, 0) is 50.4 Å². The summed E-state index contributed by atoms with van der Waals surface area (Å²) in [5, 5.41) is 7.12. The van der Waals surface area contributed by atoms with E-state index in [0.717, 1.165) is 63.6 Å². The lowest BCUT2D eigenvalue weighted by atomic mass is 9.87. The summed E-state index contributed by atoms with van der Waals surface area (Å²) in [6, 6.07) is 4.43. The maximum atomic E-state index is 10.6. The number of carboxylic acid groups (broad SMARTS) is 1. The van der Waals surface area contributed by atoms with Crippen molar-refractivity contribution in [2.24, 2.45) is 0 Å². The summed E-state index contributed by atoms with van der Waals surface area (Å²) < 4.78 is 43.5. The minimum Gasteiger partial charge on any atom is -0.475 e. The van der Waals surface area contributed by atoms with Crippen LogP contribution in [0.1, 0.15) is 37.5 Å². The van der Waals surface area contributed by atoms with Gasteiger partial charge in [-0.1, -0.05) is 6.92 Å². The molecule has 0 bridgehead atoms. The smallest absolute Gasteiger partial charge is 0.475 e. The van der Waals surface area contributed by atoms with Crippen molar-refractivity contribution in [3.8, 4) is 0 Å². The number of aryl methyl sites for hydroxylation is 1. The fraction of sp³-hybridized carbons (Fsp3) is 0.591. The third-order valence-corrected chi connectivity index (χ3v) is 6.10. The number of alkyl halides is 3. The van der Waals surface area contributed by atoms with E-state index in [2.05, 4.69) is 33.7 Å². The van der Waals surface area contributed by atoms with Gasteiger partial charge in [0.15, 0.2) is 0 Å². The number of nitrogens with zero attached hydrogens (tertiary/aromatic N) is 4. The Bertz CT molecular complexity index is 882. The number of aliphatic carboxylic acids is 1. The van der Waals surface area contributed by atoms with Crippen molar-refractivity contribution in [3.63, 3.8) is 0 Å². The van der Waals surface area contributed by atoms with Crippen LogP contribution in [0.15, 0.2) is 35.2 Å². The largest absolute Gasteiger partial charge is 0.490 e. The molecule has 4 heterocycles. The topological polar surface area (TPSA) is 91.9 Å². The van der Waals surface area contributed by atoms with Gasteiger partial charge < -0.3 is 19.2 Å². The first-order valence-electron chi connectivity index (χ1n) is 10.8. The number of anilines is 1. The minimum absolute atomic E-state index is 0.0158. The van der Waals surface area contributed by atoms with Crippen LogP contribution in [-0.4, -0.2) is 70.5 Å². The van der Waals surface area contributed by atoms with Crippen LogP contribution in [0.2, 0.25) is 0 Å². The highest BCUT2D eigenvalue weighted by atomic mass is 19.4. The van der Waals surface area contributed by atoms with Crippen LogP contribution in [0.3, 0.4) is 0 Å². The molecule has 11 heteroatoms. The first kappa shape index (κ1) is 25.0. The maximum Gasteiger partial charge on any atom is 0.490 e. The number of carboxylic acids is 1. The number of ether oxygens (including phenoxy) is 1. The molecule has 0 aromatic carbocycles. The van der Waals surface area contributed by atoms with Crippen LogP contribution >= 0.6 is 0 Å². The Morgan fingerprint density at radius 3 is 2.45 bits per heavy atom. The molecule has 1 spiro atoms. The van der Waals surface area contributed by atoms with Gasteiger partial charge in [0.25, 0.3) is 0 Å². The maximum absolute atomic E-state index is 10.6. The summed E-state index contributed by atoms with van der Waals surface area (Å²) in [4.78, 5) is 22.6. The Labute approximate surface area is 190 Å². The first-order valence-corrected chi connectivity index (χ1v) is 10.8. The molecule has 1 N–H and O–H groups in total. The van der Waals surface area contributed by atoms with Gasteiger partial charge in [-0.2, -0.15) is 13.2 Å². The number of piperidine rings is 1. The predicted octanol–water partition coefficient (Wildman–Crippen LogP) is 3.53. The lowest BCUT2D eigenvalue weighted by molar-refractivity contribution is -0.192. The molecule has 2 aromatic rings. The second-order valence-electron chi connectivity index (χ2n) is 8.38. The molecule has 2 fully saturated rings. The van der Waals surface area contributed by atoms with Gasteiger partial charge in [0.05, 0.1) is 25.0 Å². The zero-order valence-corrected chi connectivity index (χ0v) is 18.7. The van der Waals surface area contributed by atoms with E-state index in [0.29, 0.717) is 6.04 Å². The highest BCUT2D eigenvalue weighted by molar-refractivity contribution is 5.73. The Balaban J connectivity index is 0.000000383. The number of rotatable bonds is 5. The van der Waals surface area contributed by atoms with Crippen LogP contribution in [0, 0.1) is 0 Å². The monoisotopic (exact) mass is 470 g/mol. The van der Waals surface area contributed by atoms with Gasteiger partial charge in [-0.3, -0.25) is 4.90 Å². The van der Waals surface area contributed by atoms with Crippen molar-refractivity contribution in [2.75, 3.05) is 31.6 Å². The number of hydrogen-bond donors (Lipinski definition) is 1. The third kappa shape index (κ3) is 6.67. The summed E-state index contributed by atoms with van der Waals surface area (Å²) in [6.07, 6.45) is 4.68. The SMILES string of the molecule is CCc1cnc(N2CCC3(CC2)CC(N(C)Cc2ccco2)CO3)nc1.O=C(O)C(F)(F)F. The van der Waals surface area contributed by atoms with E-state index in [1.54, 1.807) is 6.26 Å². The van der Waals surface area contributed by atoms with Crippen LogP contribution in [0.25, 0.3) is 0 Å². The fourth-order valence-electron chi connectivity index (χ4n) is 4.04. The molecule has 1 atom stereocenters. The molecule has 0 saturated carbocycles. The molecule has 8 nitrogen and oxygen atoms in total. The third-order valence-electron chi connectivity index (χ3n) is 6.10. The van der Waals surface area contributed by atoms with E-state index in [1.807, 2.05) is 24.5 Å². The highest BCUT2D eigenvalue weighted by Gasteiger charge is 2.44. The molecule has 33 heavy (non-hydrogen) atoms. The summed E-state index contributed by atoms with van der Waals surface area (Å²) >= 11 is 0. The molecule has 0 amide bonds. The number of aromatic nitrogens is 2. The van der Waals surface area contributed by atoms with E-state index >= 15 is 0 Å². The number of carbonyl (C=O) groups is 1. The number of hydrogen-bond acceptors (Lipinski definition) is 7. The molecular formula is C22H29F3N4O4. The number of halogens is 3. The van der Waals surface area contributed by atoms with Crippen molar-refractivity contribution in [3.05, 3.63) is 42.1 Å². The van der Waals surface area contributed by atoms with E-state index in [9.17, 15) is 13.2 Å². The van der Waals surface area contributed by atoms with E-state index < -0.39 is 12.1 Å². The molecule has 182 valence electrons. The average molecular weight is 470 g/mol. The Kier molecular flexibility index (Phi) is 7.96. The average Bonchev–Trinajstić information content (AvgIpc) is 3.45. The van der Waals surface area contributed by atoms with Crippen LogP contribution in [0.4, 0.5) is 19.1 Å². The molecule has 2 aliphatic rings. The van der Waals surface area contributed by atoms with Crippen molar-refractivity contribution >= 4 is 11.9 Å². The summed E-state index contributed by atoms with van der Waals surface area (Å²) in [5.74, 6) is -0.898. The molecule has 2 saturated heterocycles. The van der Waals surface area contributed by atoms with Gasteiger partial charge >= 0.3 is 12.1 Å². The summed E-state index contributed by atoms with van der Waals surface area (Å²) in [7, 11) is 2.16. The second kappa shape index (κ2) is 10.5. The van der Waals surface area contributed by atoms with Crippen LogP contribution in [0.5, 0.6) is 0 Å². The lowest BCUT2D eigenvalue weighted by Crippen LogP contribution is -2.45. The first-order chi connectivity index (χ1) is 15.6. The van der Waals surface area contributed by atoms with Gasteiger partial charge in [0.2, 0.25) is 5.95 Å².